The highest BCUT2D eigenvalue weighted by atomic mass is 16.5. The summed E-state index contributed by atoms with van der Waals surface area (Å²) in [5, 5.41) is 2.69. The number of hydrogen-bond donors (Lipinski definition) is 1. The summed E-state index contributed by atoms with van der Waals surface area (Å²) in [6.07, 6.45) is 0. The summed E-state index contributed by atoms with van der Waals surface area (Å²) in [7, 11) is 1.46. The van der Waals surface area contributed by atoms with E-state index in [9.17, 15) is 9.59 Å². The molecule has 1 aliphatic heterocycles. The molecule has 2 amide bonds. The Balaban J connectivity index is 2.20. The molecule has 102 valence electrons. The summed E-state index contributed by atoms with van der Waals surface area (Å²) < 4.78 is 10.1. The van der Waals surface area contributed by atoms with Crippen molar-refractivity contribution in [2.45, 2.75) is 6.92 Å². The van der Waals surface area contributed by atoms with Gasteiger partial charge in [-0.1, -0.05) is 0 Å². The van der Waals surface area contributed by atoms with Crippen LogP contribution >= 0.6 is 0 Å². The molecular weight excluding hydrogens is 248 g/mol. The Bertz CT molecular complexity index is 501. The predicted octanol–water partition coefficient (Wildman–Crippen LogP) is 1.02. The van der Waals surface area contributed by atoms with Gasteiger partial charge in [0.25, 0.3) is 5.91 Å². The fourth-order valence-corrected chi connectivity index (χ4v) is 1.96. The van der Waals surface area contributed by atoms with Gasteiger partial charge in [0.1, 0.15) is 12.4 Å². The van der Waals surface area contributed by atoms with Crippen molar-refractivity contribution in [3.63, 3.8) is 0 Å². The summed E-state index contributed by atoms with van der Waals surface area (Å²) >= 11 is 0. The van der Waals surface area contributed by atoms with E-state index in [1.165, 1.54) is 7.11 Å². The molecule has 0 spiro atoms. The third kappa shape index (κ3) is 2.85. The Labute approximate surface area is 111 Å². The van der Waals surface area contributed by atoms with E-state index in [4.69, 9.17) is 9.47 Å². The first-order valence-corrected chi connectivity index (χ1v) is 6.01. The Hall–Kier alpha value is -2.08. The minimum atomic E-state index is -0.235. The number of methoxy groups -OCH3 is 1. The van der Waals surface area contributed by atoms with Crippen LogP contribution in [0, 0.1) is 0 Å². The molecule has 0 saturated heterocycles. The van der Waals surface area contributed by atoms with Gasteiger partial charge in [0.15, 0.2) is 6.61 Å². The normalized spacial score (nSPS) is 13.8. The number of amides is 2. The zero-order valence-corrected chi connectivity index (χ0v) is 10.9. The van der Waals surface area contributed by atoms with Gasteiger partial charge < -0.3 is 19.7 Å². The first kappa shape index (κ1) is 13.4. The van der Waals surface area contributed by atoms with E-state index in [1.807, 2.05) is 6.92 Å². The second kappa shape index (κ2) is 5.71. The van der Waals surface area contributed by atoms with Crippen molar-refractivity contribution in [2.24, 2.45) is 0 Å². The van der Waals surface area contributed by atoms with Gasteiger partial charge in [-0.3, -0.25) is 9.59 Å². The first-order chi connectivity index (χ1) is 9.15. The molecule has 1 N–H and O–H groups in total. The molecule has 0 bridgehead atoms. The molecule has 1 aromatic carbocycles. The standard InChI is InChI=1S/C13H16N2O4/c1-3-15-10-5-4-9(14-12(16)7-18-2)6-11(10)19-8-13(15)17/h4-6H,3,7-8H2,1-2H3,(H,14,16). The Morgan fingerprint density at radius 1 is 1.53 bits per heavy atom. The number of rotatable bonds is 4. The molecule has 6 heteroatoms. The van der Waals surface area contributed by atoms with Crippen molar-refractivity contribution in [2.75, 3.05) is 37.1 Å². The van der Waals surface area contributed by atoms with E-state index in [1.54, 1.807) is 23.1 Å². The summed E-state index contributed by atoms with van der Waals surface area (Å²) in [6, 6.07) is 5.20. The molecule has 0 aromatic heterocycles. The summed E-state index contributed by atoms with van der Waals surface area (Å²) in [5.74, 6) is 0.296. The van der Waals surface area contributed by atoms with Gasteiger partial charge in [-0.25, -0.2) is 0 Å². The quantitative estimate of drug-likeness (QED) is 0.881. The van der Waals surface area contributed by atoms with Gasteiger partial charge in [0.2, 0.25) is 5.91 Å². The predicted molar refractivity (Wildman–Crippen MR) is 70.5 cm³/mol. The van der Waals surface area contributed by atoms with Gasteiger partial charge in [-0.05, 0) is 19.1 Å². The maximum absolute atomic E-state index is 11.7. The summed E-state index contributed by atoms with van der Waals surface area (Å²) in [5.41, 5.74) is 1.34. The van der Waals surface area contributed by atoms with E-state index >= 15 is 0 Å². The minimum Gasteiger partial charge on any atom is -0.481 e. The minimum absolute atomic E-state index is 0.00247. The highest BCUT2D eigenvalue weighted by molar-refractivity contribution is 5.99. The SMILES string of the molecule is CCN1C(=O)COc2cc(NC(=O)COC)ccc21. The third-order valence-electron chi connectivity index (χ3n) is 2.78. The zero-order valence-electron chi connectivity index (χ0n) is 10.9. The van der Waals surface area contributed by atoms with Crippen LogP contribution in [0.25, 0.3) is 0 Å². The number of carbonyl (C=O) groups is 2. The lowest BCUT2D eigenvalue weighted by molar-refractivity contribution is -0.121. The number of carbonyl (C=O) groups excluding carboxylic acids is 2. The van der Waals surface area contributed by atoms with E-state index in [0.29, 0.717) is 18.0 Å². The fraction of sp³-hybridized carbons (Fsp3) is 0.385. The Morgan fingerprint density at radius 2 is 2.32 bits per heavy atom. The molecule has 0 aliphatic carbocycles. The van der Waals surface area contributed by atoms with Gasteiger partial charge in [-0.2, -0.15) is 0 Å². The van der Waals surface area contributed by atoms with Crippen LogP contribution in [0.3, 0.4) is 0 Å². The molecule has 0 unspecified atom stereocenters. The number of ether oxygens (including phenoxy) is 2. The monoisotopic (exact) mass is 264 g/mol. The average Bonchev–Trinajstić information content (AvgIpc) is 2.39. The van der Waals surface area contributed by atoms with Crippen LogP contribution in [0.2, 0.25) is 0 Å². The highest BCUT2D eigenvalue weighted by Crippen LogP contribution is 2.34. The smallest absolute Gasteiger partial charge is 0.265 e. The van der Waals surface area contributed by atoms with Crippen molar-refractivity contribution in [3.05, 3.63) is 18.2 Å². The number of nitrogens with zero attached hydrogens (tertiary/aromatic N) is 1. The molecule has 1 heterocycles. The van der Waals surface area contributed by atoms with Gasteiger partial charge in [0.05, 0.1) is 5.69 Å². The van der Waals surface area contributed by atoms with Crippen LogP contribution in [0.1, 0.15) is 6.92 Å². The number of nitrogens with one attached hydrogen (secondary N) is 1. The molecule has 1 aliphatic rings. The second-order valence-corrected chi connectivity index (χ2v) is 4.09. The number of fused-ring (bicyclic) bond motifs is 1. The van der Waals surface area contributed by atoms with E-state index < -0.39 is 0 Å². The van der Waals surface area contributed by atoms with E-state index in [2.05, 4.69) is 5.32 Å². The number of likely N-dealkylation sites (N-methyl/N-ethyl adjacent to an activating group) is 1. The average molecular weight is 264 g/mol. The lowest BCUT2D eigenvalue weighted by atomic mass is 10.2. The van der Waals surface area contributed by atoms with Crippen molar-refractivity contribution < 1.29 is 19.1 Å². The molecule has 0 saturated carbocycles. The zero-order chi connectivity index (χ0) is 13.8. The first-order valence-electron chi connectivity index (χ1n) is 6.01. The van der Waals surface area contributed by atoms with Crippen molar-refractivity contribution in [3.8, 4) is 5.75 Å². The maximum atomic E-state index is 11.7. The number of hydrogen-bond acceptors (Lipinski definition) is 4. The van der Waals surface area contributed by atoms with E-state index in [0.717, 1.165) is 5.69 Å². The van der Waals surface area contributed by atoms with Gasteiger partial charge >= 0.3 is 0 Å². The Morgan fingerprint density at radius 3 is 3.00 bits per heavy atom. The molecule has 1 aromatic rings. The van der Waals surface area contributed by atoms with Crippen LogP contribution in [0.15, 0.2) is 18.2 Å². The van der Waals surface area contributed by atoms with Crippen LogP contribution in [0.4, 0.5) is 11.4 Å². The molecule has 2 rings (SSSR count). The molecule has 19 heavy (non-hydrogen) atoms. The molecule has 0 radical (unpaired) electrons. The lowest BCUT2D eigenvalue weighted by Crippen LogP contribution is -2.38. The summed E-state index contributed by atoms with van der Waals surface area (Å²) in [6.45, 7) is 2.51. The van der Waals surface area contributed by atoms with Crippen molar-refractivity contribution >= 4 is 23.2 Å². The van der Waals surface area contributed by atoms with Gasteiger partial charge in [0, 0.05) is 25.4 Å². The molecular formula is C13H16N2O4. The molecule has 6 nitrogen and oxygen atoms in total. The van der Waals surface area contributed by atoms with Crippen molar-refractivity contribution in [1.29, 1.82) is 0 Å². The van der Waals surface area contributed by atoms with Crippen LogP contribution in [-0.4, -0.2) is 38.7 Å². The number of benzene rings is 1. The topological polar surface area (TPSA) is 67.9 Å². The van der Waals surface area contributed by atoms with Gasteiger partial charge in [-0.15, -0.1) is 0 Å². The van der Waals surface area contributed by atoms with Crippen LogP contribution < -0.4 is 15.0 Å². The highest BCUT2D eigenvalue weighted by Gasteiger charge is 2.24. The third-order valence-corrected chi connectivity index (χ3v) is 2.78. The fourth-order valence-electron chi connectivity index (χ4n) is 1.96. The van der Waals surface area contributed by atoms with Crippen LogP contribution in [0.5, 0.6) is 5.75 Å². The molecule has 0 fully saturated rings. The maximum Gasteiger partial charge on any atom is 0.265 e. The van der Waals surface area contributed by atoms with E-state index in [-0.39, 0.29) is 25.0 Å². The largest absolute Gasteiger partial charge is 0.481 e. The second-order valence-electron chi connectivity index (χ2n) is 4.09. The number of anilines is 2. The van der Waals surface area contributed by atoms with Crippen molar-refractivity contribution in [1.82, 2.24) is 0 Å². The summed E-state index contributed by atoms with van der Waals surface area (Å²) in [4.78, 5) is 24.7. The lowest BCUT2D eigenvalue weighted by Gasteiger charge is -2.28. The molecule has 0 atom stereocenters. The Kier molecular flexibility index (Phi) is 4.01. The van der Waals surface area contributed by atoms with Crippen LogP contribution in [-0.2, 0) is 14.3 Å².